The van der Waals surface area contributed by atoms with Crippen molar-refractivity contribution in [2.75, 3.05) is 34.4 Å². The smallest absolute Gasteiger partial charge is 0.315 e. The summed E-state index contributed by atoms with van der Waals surface area (Å²) < 4.78 is 7.76. The van der Waals surface area contributed by atoms with E-state index in [4.69, 9.17) is 29.9 Å². The van der Waals surface area contributed by atoms with Gasteiger partial charge in [-0.05, 0) is 77.0 Å². The van der Waals surface area contributed by atoms with Crippen LogP contribution < -0.4 is 42.5 Å². The summed E-state index contributed by atoms with van der Waals surface area (Å²) in [6.45, 7) is 4.76. The van der Waals surface area contributed by atoms with Crippen LogP contribution in [0.3, 0.4) is 0 Å². The van der Waals surface area contributed by atoms with Gasteiger partial charge in [-0.3, -0.25) is 9.59 Å². The Hall–Kier alpha value is -7.15. The molecule has 4 aliphatic rings. The molecule has 0 aromatic carbocycles. The van der Waals surface area contributed by atoms with Gasteiger partial charge in [0, 0.05) is 102 Å². The van der Waals surface area contributed by atoms with Crippen molar-refractivity contribution >= 4 is 63.7 Å². The molecule has 4 aliphatic carbocycles. The van der Waals surface area contributed by atoms with Crippen LogP contribution in [0.15, 0.2) is 37.7 Å². The first kappa shape index (κ1) is 52.3. The Bertz CT molecular complexity index is 2950. The van der Waals surface area contributed by atoms with Crippen LogP contribution in [0.1, 0.15) is 127 Å². The Balaban J connectivity index is 0.731. The quantitative estimate of drug-likeness (QED) is 0.0524. The van der Waals surface area contributed by atoms with Crippen molar-refractivity contribution in [2.24, 2.45) is 14.1 Å². The number of carbonyl (C=O) groups is 3. The fraction of sp³-hybridized carbons (Fsp3) is 0.627. The van der Waals surface area contributed by atoms with E-state index in [0.29, 0.717) is 72.6 Å². The minimum atomic E-state index is -1.15. The van der Waals surface area contributed by atoms with Gasteiger partial charge in [0.05, 0.1) is 48.8 Å². The summed E-state index contributed by atoms with van der Waals surface area (Å²) in [5.74, 6) is 2.01. The number of hydrogen-bond acceptors (Lipinski definition) is 17. The maximum atomic E-state index is 13.5. The SMILES string of the molecule is CCC(=O)N[C@@H]1CC[C@H](n2cnc3c(N[C@H]4CC[C@H](NC(=O)N[C@H]5CC[C@H](Nc6nc(NCCc7cn(C)cn7)nc7c6ncn7[C@@H]6C[C@H](NC(=O)CC)[C@@H](O)[C@H]6O)CC5)CC4)nc(NCCc4cn(C)cn4)nc32)C1. The minimum absolute atomic E-state index is 0.0119. The molecule has 6 aromatic heterocycles. The number of nitrogens with one attached hydrogen (secondary N) is 8. The Morgan fingerprint density at radius 3 is 1.55 bits per heavy atom. The van der Waals surface area contributed by atoms with Crippen molar-refractivity contribution in [3.05, 3.63) is 49.1 Å². The largest absolute Gasteiger partial charge is 0.388 e. The van der Waals surface area contributed by atoms with Crippen LogP contribution in [-0.4, -0.2) is 148 Å². The molecule has 4 fully saturated rings. The molecule has 0 radical (unpaired) electrons. The number of aliphatic hydroxyl groups is 2. The first-order valence-electron chi connectivity index (χ1n) is 27.3. The van der Waals surface area contributed by atoms with Crippen molar-refractivity contribution in [1.29, 1.82) is 0 Å². The lowest BCUT2D eigenvalue weighted by molar-refractivity contribution is -0.122. The van der Waals surface area contributed by atoms with Crippen molar-refractivity contribution < 1.29 is 24.6 Å². The summed E-state index contributed by atoms with van der Waals surface area (Å²) >= 11 is 0. The maximum Gasteiger partial charge on any atom is 0.315 e. The average molecular weight is 1050 g/mol. The van der Waals surface area contributed by atoms with Gasteiger partial charge in [-0.15, -0.1) is 0 Å². The lowest BCUT2D eigenvalue weighted by Crippen LogP contribution is -2.49. The van der Waals surface area contributed by atoms with Gasteiger partial charge in [0.2, 0.25) is 23.7 Å². The summed E-state index contributed by atoms with van der Waals surface area (Å²) in [7, 11) is 3.89. The van der Waals surface area contributed by atoms with Crippen LogP contribution >= 0.6 is 0 Å². The summed E-state index contributed by atoms with van der Waals surface area (Å²) in [6, 6.07) is -0.835. The number of urea groups is 1. The molecule has 6 heterocycles. The number of rotatable bonds is 20. The van der Waals surface area contributed by atoms with Gasteiger partial charge in [0.15, 0.2) is 34.0 Å². The highest BCUT2D eigenvalue weighted by molar-refractivity contribution is 5.86. The van der Waals surface area contributed by atoms with E-state index in [-0.39, 0.29) is 60.5 Å². The van der Waals surface area contributed by atoms with Gasteiger partial charge in [-0.1, -0.05) is 13.8 Å². The molecule has 0 saturated heterocycles. The Labute approximate surface area is 441 Å². The average Bonchev–Trinajstić information content (AvgIpc) is 4.35. The zero-order chi connectivity index (χ0) is 52.9. The molecule has 0 spiro atoms. The third kappa shape index (κ3) is 12.2. The number of nitrogens with zero attached hydrogens (tertiary/aromatic N) is 12. The number of aliphatic hydroxyl groups excluding tert-OH is 2. The zero-order valence-electron chi connectivity index (χ0n) is 44.0. The van der Waals surface area contributed by atoms with Crippen LogP contribution in [0.5, 0.6) is 0 Å². The van der Waals surface area contributed by atoms with E-state index in [1.165, 1.54) is 0 Å². The van der Waals surface area contributed by atoms with E-state index < -0.39 is 24.3 Å². The van der Waals surface area contributed by atoms with Crippen LogP contribution in [0, 0.1) is 0 Å². The number of aromatic nitrogens is 12. The molecule has 0 unspecified atom stereocenters. The summed E-state index contributed by atoms with van der Waals surface area (Å²) in [4.78, 5) is 76.0. The summed E-state index contributed by atoms with van der Waals surface area (Å²) in [5, 5.41) is 48.8. The molecular weight excluding hydrogens is 973 g/mol. The number of imidazole rings is 4. The fourth-order valence-corrected chi connectivity index (χ4v) is 11.5. The van der Waals surface area contributed by atoms with Gasteiger partial charge in [0.25, 0.3) is 0 Å². The van der Waals surface area contributed by atoms with Crippen LogP contribution in [0.2, 0.25) is 0 Å². The van der Waals surface area contributed by atoms with E-state index in [0.717, 1.165) is 94.1 Å². The lowest BCUT2D eigenvalue weighted by Gasteiger charge is -2.32. The maximum absolute atomic E-state index is 13.5. The molecule has 408 valence electrons. The highest BCUT2D eigenvalue weighted by atomic mass is 16.3. The van der Waals surface area contributed by atoms with E-state index in [1.54, 1.807) is 30.5 Å². The highest BCUT2D eigenvalue weighted by Crippen LogP contribution is 2.37. The Morgan fingerprint density at radius 1 is 0.553 bits per heavy atom. The van der Waals surface area contributed by atoms with Crippen molar-refractivity contribution in [3.63, 3.8) is 0 Å². The number of hydrogen-bond donors (Lipinski definition) is 10. The standard InChI is InChI=1S/C51H74N20O5/c1-5-39(72)58-33-15-16-36(21-33)70-27-56-41-45(64-49(66-47(41)70)52-19-17-34-23-68(3)25-54-34)59-29-7-11-31(12-8-29)61-51(76)62-32-13-9-30(10-14-32)60-46-42-48(67-50(65-46)53-20-18-35-24-69(4)26-55-35)71(28-57-42)38-22-37(43(74)44(38)75)63-40(73)6-2/h23-33,36-38,43-44,74-75H,5-22H2,1-4H3,(H,58,72)(H,63,73)(H2,61,62,76)(H2,52,59,64,66)(H2,53,60,65,67)/t29-,30-,31-,32-,33-,36+,37+,38-,43-,44+/m1/s1. The highest BCUT2D eigenvalue weighted by Gasteiger charge is 2.44. The van der Waals surface area contributed by atoms with Gasteiger partial charge in [0.1, 0.15) is 12.2 Å². The van der Waals surface area contributed by atoms with Crippen LogP contribution in [0.25, 0.3) is 22.3 Å². The molecule has 10 N–H and O–H groups in total. The Morgan fingerprint density at radius 2 is 1.04 bits per heavy atom. The first-order chi connectivity index (χ1) is 36.9. The summed E-state index contributed by atoms with van der Waals surface area (Å²) in [6.07, 6.45) is 20.2. The molecular formula is C51H74N20O5. The molecule has 10 rings (SSSR count). The van der Waals surface area contributed by atoms with E-state index >= 15 is 0 Å². The first-order valence-corrected chi connectivity index (χ1v) is 27.3. The molecule has 25 nitrogen and oxygen atoms in total. The molecule has 4 amide bonds. The van der Waals surface area contributed by atoms with E-state index in [1.807, 2.05) is 48.9 Å². The fourth-order valence-electron chi connectivity index (χ4n) is 11.5. The summed E-state index contributed by atoms with van der Waals surface area (Å²) in [5.41, 5.74) is 4.41. The molecule has 6 atom stereocenters. The number of aryl methyl sites for hydroxylation is 2. The third-order valence-electron chi connectivity index (χ3n) is 15.7. The predicted octanol–water partition coefficient (Wildman–Crippen LogP) is 3.37. The molecule has 0 aliphatic heterocycles. The number of carbonyl (C=O) groups excluding carboxylic acids is 3. The third-order valence-corrected chi connectivity index (χ3v) is 15.7. The van der Waals surface area contributed by atoms with Gasteiger partial charge >= 0.3 is 6.03 Å². The number of fused-ring (bicyclic) bond motifs is 2. The monoisotopic (exact) mass is 1050 g/mol. The van der Waals surface area contributed by atoms with Gasteiger partial charge in [-0.25, -0.2) is 24.7 Å². The number of amides is 4. The molecule has 4 saturated carbocycles. The predicted molar refractivity (Wildman–Crippen MR) is 285 cm³/mol. The van der Waals surface area contributed by atoms with Crippen LogP contribution in [-0.2, 0) is 36.5 Å². The second-order valence-corrected chi connectivity index (χ2v) is 21.3. The normalized spacial score (nSPS) is 25.6. The lowest BCUT2D eigenvalue weighted by atomic mass is 9.90. The van der Waals surface area contributed by atoms with Gasteiger partial charge < -0.3 is 71.0 Å². The van der Waals surface area contributed by atoms with Crippen LogP contribution in [0.4, 0.5) is 28.3 Å². The molecule has 76 heavy (non-hydrogen) atoms. The number of anilines is 4. The van der Waals surface area contributed by atoms with Crippen molar-refractivity contribution in [2.45, 2.75) is 177 Å². The zero-order valence-corrected chi connectivity index (χ0v) is 44.0. The van der Waals surface area contributed by atoms with E-state index in [2.05, 4.69) is 57.1 Å². The second-order valence-electron chi connectivity index (χ2n) is 21.3. The molecule has 6 aromatic rings. The molecule has 0 bridgehead atoms. The molecule has 25 heteroatoms. The Kier molecular flexibility index (Phi) is 16.1. The van der Waals surface area contributed by atoms with E-state index in [9.17, 15) is 24.6 Å². The minimum Gasteiger partial charge on any atom is -0.388 e. The topological polar surface area (TPSA) is 311 Å². The van der Waals surface area contributed by atoms with Crippen molar-refractivity contribution in [3.8, 4) is 0 Å². The van der Waals surface area contributed by atoms with Gasteiger partial charge in [-0.2, -0.15) is 19.9 Å². The van der Waals surface area contributed by atoms with Crippen molar-refractivity contribution in [1.82, 2.24) is 79.4 Å². The second kappa shape index (κ2) is 23.4.